The number of ether oxygens (including phenoxy) is 1. The first-order chi connectivity index (χ1) is 13.5. The van der Waals surface area contributed by atoms with E-state index in [1.54, 1.807) is 12.1 Å². The number of esters is 1. The van der Waals surface area contributed by atoms with Crippen LogP contribution >= 0.6 is 23.2 Å². The van der Waals surface area contributed by atoms with Crippen LogP contribution in [0.1, 0.15) is 18.5 Å². The van der Waals surface area contributed by atoms with Crippen molar-refractivity contribution in [1.82, 2.24) is 9.55 Å². The summed E-state index contributed by atoms with van der Waals surface area (Å²) in [4.78, 5) is 17.6. The predicted molar refractivity (Wildman–Crippen MR) is 112 cm³/mol. The van der Waals surface area contributed by atoms with Crippen molar-refractivity contribution in [3.8, 4) is 0 Å². The molecule has 0 spiro atoms. The number of nitrogens with zero attached hydrogens (tertiary/aromatic N) is 2. The largest absolute Gasteiger partial charge is 0.458 e. The molecule has 1 aromatic heterocycles. The number of imidazole rings is 1. The Hall–Kier alpha value is -2.76. The van der Waals surface area contributed by atoms with E-state index < -0.39 is 12.0 Å². The van der Waals surface area contributed by atoms with E-state index >= 15 is 0 Å². The molecule has 0 saturated heterocycles. The molecule has 1 aliphatic heterocycles. The highest BCUT2D eigenvalue weighted by Gasteiger charge is 2.35. The van der Waals surface area contributed by atoms with Gasteiger partial charge in [-0.05, 0) is 36.8 Å². The summed E-state index contributed by atoms with van der Waals surface area (Å²) in [6, 6.07) is 12.5. The van der Waals surface area contributed by atoms with E-state index in [1.165, 1.54) is 6.08 Å². The first-order valence-electron chi connectivity index (χ1n) is 8.69. The van der Waals surface area contributed by atoms with Gasteiger partial charge in [0, 0.05) is 15.7 Å². The monoisotopic (exact) mass is 413 g/mol. The summed E-state index contributed by atoms with van der Waals surface area (Å²) in [5.74, 6) is 0.194. The average molecular weight is 414 g/mol. The van der Waals surface area contributed by atoms with Crippen LogP contribution < -0.4 is 5.32 Å². The van der Waals surface area contributed by atoms with Gasteiger partial charge in [0.15, 0.2) is 0 Å². The highest BCUT2D eigenvalue weighted by atomic mass is 35.5. The summed E-state index contributed by atoms with van der Waals surface area (Å²) in [5.41, 5.74) is 3.55. The first-order valence-corrected chi connectivity index (χ1v) is 9.44. The number of fused-ring (bicyclic) bond motifs is 3. The molecule has 0 fully saturated rings. The van der Waals surface area contributed by atoms with Gasteiger partial charge in [-0.2, -0.15) is 0 Å². The molecule has 1 atom stereocenters. The average Bonchev–Trinajstić information content (AvgIpc) is 3.03. The Morgan fingerprint density at radius 2 is 2.11 bits per heavy atom. The van der Waals surface area contributed by atoms with Crippen LogP contribution in [0, 0.1) is 0 Å². The molecule has 0 radical (unpaired) electrons. The van der Waals surface area contributed by atoms with E-state index in [-0.39, 0.29) is 6.61 Å². The lowest BCUT2D eigenvalue weighted by Crippen LogP contribution is -2.29. The van der Waals surface area contributed by atoms with Crippen LogP contribution in [0.2, 0.25) is 10.0 Å². The highest BCUT2D eigenvalue weighted by Crippen LogP contribution is 2.42. The number of allylic oxidation sites excluding steroid dienone is 1. The van der Waals surface area contributed by atoms with Gasteiger partial charge >= 0.3 is 5.97 Å². The van der Waals surface area contributed by atoms with Crippen LogP contribution in [0.3, 0.4) is 0 Å². The molecule has 142 valence electrons. The molecular weight excluding hydrogens is 397 g/mol. The molecule has 2 aromatic carbocycles. The van der Waals surface area contributed by atoms with Crippen LogP contribution in [-0.2, 0) is 9.53 Å². The van der Waals surface area contributed by atoms with E-state index in [0.29, 0.717) is 27.3 Å². The Bertz CT molecular complexity index is 1130. The predicted octanol–water partition coefficient (Wildman–Crippen LogP) is 5.36. The summed E-state index contributed by atoms with van der Waals surface area (Å²) in [5, 5.41) is 4.21. The second-order valence-corrected chi connectivity index (χ2v) is 7.26. The van der Waals surface area contributed by atoms with Gasteiger partial charge in [-0.15, -0.1) is 0 Å². The third-order valence-electron chi connectivity index (χ3n) is 4.64. The standard InChI is InChI=1S/C21H17Cl2N3O2/c1-3-10-28-20(27)18-12(2)24-21-25-16-6-4-5-7-17(16)26(21)19(18)14-9-8-13(22)11-15(14)23/h3-9,11,19H,1,10H2,2H3,(H,24,25)/t19-/m1/s1. The van der Waals surface area contributed by atoms with Crippen molar-refractivity contribution in [2.45, 2.75) is 13.0 Å². The minimum atomic E-state index is -0.509. The van der Waals surface area contributed by atoms with Crippen molar-refractivity contribution in [1.29, 1.82) is 0 Å². The zero-order chi connectivity index (χ0) is 19.8. The molecule has 7 heteroatoms. The van der Waals surface area contributed by atoms with Crippen molar-refractivity contribution in [3.05, 3.63) is 82.0 Å². The van der Waals surface area contributed by atoms with E-state index in [0.717, 1.165) is 16.6 Å². The maximum absolute atomic E-state index is 12.9. The van der Waals surface area contributed by atoms with Crippen molar-refractivity contribution in [2.24, 2.45) is 0 Å². The van der Waals surface area contributed by atoms with Crippen molar-refractivity contribution < 1.29 is 9.53 Å². The number of para-hydroxylation sites is 2. The van der Waals surface area contributed by atoms with Crippen LogP contribution in [0.5, 0.6) is 0 Å². The second-order valence-electron chi connectivity index (χ2n) is 6.41. The minimum absolute atomic E-state index is 0.119. The minimum Gasteiger partial charge on any atom is -0.458 e. The highest BCUT2D eigenvalue weighted by molar-refractivity contribution is 6.35. The van der Waals surface area contributed by atoms with Crippen LogP contribution in [-0.4, -0.2) is 22.1 Å². The normalized spacial score (nSPS) is 15.9. The molecule has 1 N–H and O–H groups in total. The van der Waals surface area contributed by atoms with Gasteiger partial charge in [-0.3, -0.25) is 4.57 Å². The van der Waals surface area contributed by atoms with E-state index in [1.807, 2.05) is 41.8 Å². The number of nitrogens with one attached hydrogen (secondary N) is 1. The Kier molecular flexibility index (Phi) is 4.87. The number of aromatic nitrogens is 2. The van der Waals surface area contributed by atoms with Gasteiger partial charge in [0.05, 0.1) is 22.6 Å². The van der Waals surface area contributed by atoms with Crippen molar-refractivity contribution in [2.75, 3.05) is 11.9 Å². The lowest BCUT2D eigenvalue weighted by molar-refractivity contribution is -0.138. The molecule has 1 aliphatic rings. The number of anilines is 1. The molecule has 4 rings (SSSR count). The maximum atomic E-state index is 12.9. The summed E-state index contributed by atoms with van der Waals surface area (Å²) < 4.78 is 7.32. The molecule has 0 unspecified atom stereocenters. The van der Waals surface area contributed by atoms with Gasteiger partial charge in [-0.25, -0.2) is 9.78 Å². The third kappa shape index (κ3) is 3.07. The van der Waals surface area contributed by atoms with Crippen molar-refractivity contribution in [3.63, 3.8) is 0 Å². The van der Waals surface area contributed by atoms with E-state index in [4.69, 9.17) is 27.9 Å². The maximum Gasteiger partial charge on any atom is 0.338 e. The number of carbonyl (C=O) groups excluding carboxylic acids is 1. The summed E-state index contributed by atoms with van der Waals surface area (Å²) in [6.07, 6.45) is 1.53. The second kappa shape index (κ2) is 7.34. The zero-order valence-electron chi connectivity index (χ0n) is 15.1. The lowest BCUT2D eigenvalue weighted by Gasteiger charge is -2.30. The SMILES string of the molecule is C=CCOC(=O)C1=C(C)Nc2nc3ccccc3n2[C@@H]1c1ccc(Cl)cc1Cl. The van der Waals surface area contributed by atoms with Gasteiger partial charge in [-0.1, -0.05) is 54.1 Å². The van der Waals surface area contributed by atoms with Gasteiger partial charge in [0.2, 0.25) is 5.95 Å². The number of benzene rings is 2. The first kappa shape index (κ1) is 18.6. The molecule has 0 saturated carbocycles. The van der Waals surface area contributed by atoms with E-state index in [2.05, 4.69) is 16.9 Å². The Balaban J connectivity index is 1.97. The van der Waals surface area contributed by atoms with E-state index in [9.17, 15) is 4.79 Å². The number of carbonyl (C=O) groups is 1. The quantitative estimate of drug-likeness (QED) is 0.461. The number of hydrogen-bond donors (Lipinski definition) is 1. The lowest BCUT2D eigenvalue weighted by atomic mass is 9.95. The molecule has 0 amide bonds. The number of rotatable bonds is 4. The van der Waals surface area contributed by atoms with Gasteiger partial charge in [0.1, 0.15) is 6.61 Å². The Labute approximate surface area is 172 Å². The Morgan fingerprint density at radius 1 is 1.32 bits per heavy atom. The third-order valence-corrected chi connectivity index (χ3v) is 5.20. The van der Waals surface area contributed by atoms with Crippen molar-refractivity contribution >= 4 is 46.2 Å². The molecule has 3 aromatic rings. The van der Waals surface area contributed by atoms with Crippen LogP contribution in [0.4, 0.5) is 5.95 Å². The number of hydrogen-bond acceptors (Lipinski definition) is 4. The zero-order valence-corrected chi connectivity index (χ0v) is 16.6. The summed E-state index contributed by atoms with van der Waals surface area (Å²) >= 11 is 12.6. The van der Waals surface area contributed by atoms with Gasteiger partial charge < -0.3 is 10.1 Å². The number of halogens is 2. The smallest absolute Gasteiger partial charge is 0.338 e. The summed E-state index contributed by atoms with van der Waals surface area (Å²) in [6.45, 7) is 5.55. The van der Waals surface area contributed by atoms with Crippen LogP contribution in [0.25, 0.3) is 11.0 Å². The summed E-state index contributed by atoms with van der Waals surface area (Å²) in [7, 11) is 0. The Morgan fingerprint density at radius 3 is 2.86 bits per heavy atom. The molecule has 0 bridgehead atoms. The molecule has 5 nitrogen and oxygen atoms in total. The van der Waals surface area contributed by atoms with Gasteiger partial charge in [0.25, 0.3) is 0 Å². The fourth-order valence-electron chi connectivity index (χ4n) is 3.46. The fraction of sp³-hybridized carbons (Fsp3) is 0.143. The molecule has 28 heavy (non-hydrogen) atoms. The fourth-order valence-corrected chi connectivity index (χ4v) is 3.97. The molecule has 2 heterocycles. The molecular formula is C21H17Cl2N3O2. The van der Waals surface area contributed by atoms with Crippen LogP contribution in [0.15, 0.2) is 66.4 Å². The molecule has 0 aliphatic carbocycles. The topological polar surface area (TPSA) is 56.1 Å².